The van der Waals surface area contributed by atoms with Gasteiger partial charge in [0, 0.05) is 6.54 Å². The number of nitrogens with one attached hydrogen (secondary N) is 2. The number of H-pyrrole nitrogens is 1. The van der Waals surface area contributed by atoms with Crippen molar-refractivity contribution in [3.8, 4) is 0 Å². The number of ether oxygens (including phenoxy) is 1. The number of aryl methyl sites for hydroxylation is 1. The van der Waals surface area contributed by atoms with Crippen LogP contribution in [0.3, 0.4) is 0 Å². The van der Waals surface area contributed by atoms with Gasteiger partial charge in [-0.3, -0.25) is 0 Å². The van der Waals surface area contributed by atoms with Crippen molar-refractivity contribution >= 4 is 12.2 Å². The van der Waals surface area contributed by atoms with Crippen molar-refractivity contribution in [1.29, 1.82) is 0 Å². The SMILES string of the molecule is Cc1ncc(C=CCNC(=O)OC(C)(C)C)[nH]1. The second-order valence-electron chi connectivity index (χ2n) is 4.71. The molecule has 0 fully saturated rings. The maximum Gasteiger partial charge on any atom is 0.407 e. The van der Waals surface area contributed by atoms with E-state index >= 15 is 0 Å². The average molecular weight is 237 g/mol. The number of aromatic nitrogens is 2. The first kappa shape index (κ1) is 13.3. The first-order chi connectivity index (χ1) is 7.87. The van der Waals surface area contributed by atoms with Gasteiger partial charge in [-0.05, 0) is 33.8 Å². The standard InChI is InChI=1S/C12H19N3O2/c1-9-14-8-10(15-9)6-5-7-13-11(16)17-12(2,3)4/h5-6,8H,7H2,1-4H3,(H,13,16)(H,14,15). The molecule has 0 saturated carbocycles. The van der Waals surface area contributed by atoms with Crippen LogP contribution in [0.5, 0.6) is 0 Å². The molecule has 0 aromatic carbocycles. The quantitative estimate of drug-likeness (QED) is 0.847. The molecule has 1 aromatic rings. The van der Waals surface area contributed by atoms with E-state index in [9.17, 15) is 4.79 Å². The predicted octanol–water partition coefficient (Wildman–Crippen LogP) is 2.26. The van der Waals surface area contributed by atoms with Gasteiger partial charge in [-0.1, -0.05) is 6.08 Å². The molecule has 0 bridgehead atoms. The van der Waals surface area contributed by atoms with Gasteiger partial charge in [0.1, 0.15) is 11.4 Å². The number of carbonyl (C=O) groups is 1. The molecule has 1 heterocycles. The second-order valence-corrected chi connectivity index (χ2v) is 4.71. The highest BCUT2D eigenvalue weighted by Crippen LogP contribution is 2.06. The van der Waals surface area contributed by atoms with E-state index in [0.717, 1.165) is 11.5 Å². The zero-order valence-electron chi connectivity index (χ0n) is 10.7. The largest absolute Gasteiger partial charge is 0.444 e. The number of hydrogen-bond donors (Lipinski definition) is 2. The van der Waals surface area contributed by atoms with Crippen LogP contribution in [-0.2, 0) is 4.74 Å². The second kappa shape index (κ2) is 5.52. The topological polar surface area (TPSA) is 67.0 Å². The third-order valence-corrected chi connectivity index (χ3v) is 1.78. The van der Waals surface area contributed by atoms with Gasteiger partial charge in [0.2, 0.25) is 0 Å². The van der Waals surface area contributed by atoms with Crippen molar-refractivity contribution in [1.82, 2.24) is 15.3 Å². The highest BCUT2D eigenvalue weighted by atomic mass is 16.6. The summed E-state index contributed by atoms with van der Waals surface area (Å²) in [4.78, 5) is 18.4. The van der Waals surface area contributed by atoms with Crippen LogP contribution in [0.2, 0.25) is 0 Å². The van der Waals surface area contributed by atoms with E-state index < -0.39 is 11.7 Å². The number of nitrogens with zero attached hydrogens (tertiary/aromatic N) is 1. The van der Waals surface area contributed by atoms with E-state index in [1.165, 1.54) is 0 Å². The summed E-state index contributed by atoms with van der Waals surface area (Å²) in [6.45, 7) is 7.80. The van der Waals surface area contributed by atoms with Crippen LogP contribution in [0, 0.1) is 6.92 Å². The van der Waals surface area contributed by atoms with Gasteiger partial charge < -0.3 is 15.0 Å². The van der Waals surface area contributed by atoms with Crippen molar-refractivity contribution in [2.75, 3.05) is 6.54 Å². The number of alkyl carbamates (subject to hydrolysis) is 1. The van der Waals surface area contributed by atoms with Crippen LogP contribution in [0.25, 0.3) is 6.08 Å². The normalized spacial score (nSPS) is 11.8. The van der Waals surface area contributed by atoms with E-state index in [-0.39, 0.29) is 0 Å². The van der Waals surface area contributed by atoms with Gasteiger partial charge in [0.15, 0.2) is 0 Å². The molecule has 0 saturated heterocycles. The molecular weight excluding hydrogens is 218 g/mol. The first-order valence-corrected chi connectivity index (χ1v) is 5.52. The van der Waals surface area contributed by atoms with Gasteiger partial charge in [-0.15, -0.1) is 0 Å². The third kappa shape index (κ3) is 5.75. The molecule has 0 radical (unpaired) electrons. The van der Waals surface area contributed by atoms with E-state index in [0.29, 0.717) is 6.54 Å². The summed E-state index contributed by atoms with van der Waals surface area (Å²) in [7, 11) is 0. The smallest absolute Gasteiger partial charge is 0.407 e. The Labute approximate surface area is 101 Å². The Bertz CT molecular complexity index is 402. The number of amides is 1. The minimum atomic E-state index is -0.464. The lowest BCUT2D eigenvalue weighted by molar-refractivity contribution is 0.0534. The maximum absolute atomic E-state index is 11.3. The Morgan fingerprint density at radius 2 is 2.29 bits per heavy atom. The summed E-state index contributed by atoms with van der Waals surface area (Å²) in [5.74, 6) is 0.866. The Balaban J connectivity index is 2.28. The van der Waals surface area contributed by atoms with E-state index in [1.807, 2.05) is 39.8 Å². The molecule has 0 aliphatic heterocycles. The van der Waals surface area contributed by atoms with Crippen molar-refractivity contribution < 1.29 is 9.53 Å². The van der Waals surface area contributed by atoms with Crippen LogP contribution < -0.4 is 5.32 Å². The Kier molecular flexibility index (Phi) is 4.31. The number of hydrogen-bond acceptors (Lipinski definition) is 3. The first-order valence-electron chi connectivity index (χ1n) is 5.52. The zero-order chi connectivity index (χ0) is 12.9. The van der Waals surface area contributed by atoms with Crippen LogP contribution in [-0.4, -0.2) is 28.2 Å². The Morgan fingerprint density at radius 1 is 1.59 bits per heavy atom. The van der Waals surface area contributed by atoms with Crippen molar-refractivity contribution in [2.45, 2.75) is 33.3 Å². The number of rotatable bonds is 3. The van der Waals surface area contributed by atoms with E-state index in [4.69, 9.17) is 4.74 Å². The lowest BCUT2D eigenvalue weighted by atomic mass is 10.2. The molecule has 1 amide bonds. The van der Waals surface area contributed by atoms with E-state index in [2.05, 4.69) is 15.3 Å². The monoisotopic (exact) mass is 237 g/mol. The number of aromatic amines is 1. The van der Waals surface area contributed by atoms with E-state index in [1.54, 1.807) is 6.20 Å². The van der Waals surface area contributed by atoms with Crippen molar-refractivity contribution in [2.24, 2.45) is 0 Å². The lowest BCUT2D eigenvalue weighted by Crippen LogP contribution is -2.32. The van der Waals surface area contributed by atoms with Crippen LogP contribution in [0.15, 0.2) is 12.3 Å². The minimum absolute atomic E-state index is 0.414. The average Bonchev–Trinajstić information content (AvgIpc) is 2.56. The third-order valence-electron chi connectivity index (χ3n) is 1.78. The molecule has 0 aliphatic rings. The number of carbonyl (C=O) groups excluding carboxylic acids is 1. The lowest BCUT2D eigenvalue weighted by Gasteiger charge is -2.19. The summed E-state index contributed by atoms with van der Waals surface area (Å²) in [5, 5.41) is 2.63. The molecule has 94 valence electrons. The molecule has 0 unspecified atom stereocenters. The zero-order valence-corrected chi connectivity index (χ0v) is 10.7. The summed E-state index contributed by atoms with van der Waals surface area (Å²) in [6.07, 6.45) is 5.01. The molecule has 2 N–H and O–H groups in total. The molecular formula is C12H19N3O2. The van der Waals surface area contributed by atoms with Crippen LogP contribution in [0.1, 0.15) is 32.3 Å². The molecule has 1 rings (SSSR count). The fraction of sp³-hybridized carbons (Fsp3) is 0.500. The van der Waals surface area contributed by atoms with Gasteiger partial charge in [-0.25, -0.2) is 9.78 Å². The van der Waals surface area contributed by atoms with Crippen molar-refractivity contribution in [3.63, 3.8) is 0 Å². The summed E-state index contributed by atoms with van der Waals surface area (Å²) >= 11 is 0. The predicted molar refractivity (Wildman–Crippen MR) is 66.6 cm³/mol. The summed E-state index contributed by atoms with van der Waals surface area (Å²) in [5.41, 5.74) is 0.447. The molecule has 5 heteroatoms. The molecule has 0 spiro atoms. The summed E-state index contributed by atoms with van der Waals surface area (Å²) in [6, 6.07) is 0. The highest BCUT2D eigenvalue weighted by Gasteiger charge is 2.14. The van der Waals surface area contributed by atoms with Gasteiger partial charge in [0.05, 0.1) is 11.9 Å². The van der Waals surface area contributed by atoms with Gasteiger partial charge >= 0.3 is 6.09 Å². The fourth-order valence-corrected chi connectivity index (χ4v) is 1.17. The molecule has 0 aliphatic carbocycles. The highest BCUT2D eigenvalue weighted by molar-refractivity contribution is 5.68. The minimum Gasteiger partial charge on any atom is -0.444 e. The number of imidazole rings is 1. The van der Waals surface area contributed by atoms with Gasteiger partial charge in [0.25, 0.3) is 0 Å². The molecule has 0 atom stereocenters. The molecule has 1 aromatic heterocycles. The Hall–Kier alpha value is -1.78. The summed E-state index contributed by atoms with van der Waals surface area (Å²) < 4.78 is 5.09. The fourth-order valence-electron chi connectivity index (χ4n) is 1.17. The maximum atomic E-state index is 11.3. The Morgan fingerprint density at radius 3 is 2.82 bits per heavy atom. The van der Waals surface area contributed by atoms with Crippen LogP contribution in [0.4, 0.5) is 4.79 Å². The molecule has 17 heavy (non-hydrogen) atoms. The van der Waals surface area contributed by atoms with Crippen molar-refractivity contribution in [3.05, 3.63) is 23.8 Å². The van der Waals surface area contributed by atoms with Gasteiger partial charge in [-0.2, -0.15) is 0 Å². The van der Waals surface area contributed by atoms with Crippen LogP contribution >= 0.6 is 0 Å². The molecule has 5 nitrogen and oxygen atoms in total.